The first kappa shape index (κ1) is 4.43. The van der Waals surface area contributed by atoms with Crippen LogP contribution in [0.25, 0.3) is 0 Å². The van der Waals surface area contributed by atoms with Gasteiger partial charge in [0.2, 0.25) is 0 Å². The molecule has 0 aliphatic carbocycles. The molecule has 0 saturated carbocycles. The van der Waals surface area contributed by atoms with Gasteiger partial charge in [-0.1, -0.05) is 0 Å². The van der Waals surface area contributed by atoms with Gasteiger partial charge in [-0.25, -0.2) is 0 Å². The summed E-state index contributed by atoms with van der Waals surface area (Å²) in [6.07, 6.45) is 0.579. The van der Waals surface area contributed by atoms with Crippen LogP contribution in [-0.2, 0) is 9.47 Å². The number of hydrogen-bond acceptors (Lipinski definition) is 2. The lowest BCUT2D eigenvalue weighted by molar-refractivity contribution is 0.0773. The van der Waals surface area contributed by atoms with Crippen LogP contribution >= 0.6 is 0 Å². The van der Waals surface area contributed by atoms with E-state index < -0.39 is 0 Å². The highest BCUT2D eigenvalue weighted by molar-refractivity contribution is 5.60. The monoisotopic (exact) mass is 103 g/mol. The molecular weight excluding hydrogens is 96.0 g/mol. The minimum Gasteiger partial charge on any atom is -0.336 e. The Morgan fingerprint density at radius 3 is 2.14 bits per heavy atom. The molecule has 1 aliphatic rings. The average molecular weight is 103 g/mol. The highest BCUT2D eigenvalue weighted by atomic mass is 16.7. The Hall–Kier alpha value is -0.730. The third-order valence-electron chi connectivity index (χ3n) is 0.740. The van der Waals surface area contributed by atoms with Gasteiger partial charge in [0.15, 0.2) is 13.2 Å². The maximum atomic E-state index is 8.38. The van der Waals surface area contributed by atoms with E-state index in [0.717, 1.165) is 6.42 Å². The second-order valence-electron chi connectivity index (χ2n) is 1.32. The largest absolute Gasteiger partial charge is 0.712 e. The summed E-state index contributed by atoms with van der Waals surface area (Å²) >= 11 is 0. The third kappa shape index (κ3) is 1.07. The Bertz CT molecular complexity index is 71.0. The van der Waals surface area contributed by atoms with Crippen LogP contribution in [0.5, 0.6) is 0 Å². The predicted octanol–water partition coefficient (Wildman–Crippen LogP) is -0.117. The zero-order valence-electron chi connectivity index (χ0n) is 3.89. The second kappa shape index (κ2) is 1.82. The van der Waals surface area contributed by atoms with Gasteiger partial charge in [0.05, 0.1) is 6.42 Å². The van der Waals surface area contributed by atoms with Crippen molar-refractivity contribution in [1.29, 1.82) is 0 Å². The molecule has 0 aromatic carbocycles. The van der Waals surface area contributed by atoms with E-state index in [2.05, 4.69) is 9.47 Å². The molecule has 1 fully saturated rings. The highest BCUT2D eigenvalue weighted by Gasteiger charge is 2.18. The Kier molecular flexibility index (Phi) is 1.15. The van der Waals surface area contributed by atoms with Gasteiger partial charge in [0, 0.05) is 0 Å². The first-order valence-corrected chi connectivity index (χ1v) is 2.21. The van der Waals surface area contributed by atoms with E-state index in [1.54, 1.807) is 0 Å². The van der Waals surface area contributed by atoms with E-state index in [4.69, 9.17) is 4.79 Å². The smallest absolute Gasteiger partial charge is 0.336 e. The Morgan fingerprint density at radius 2 is 1.86 bits per heavy atom. The number of hydrogen-bond donors (Lipinski definition) is 0. The van der Waals surface area contributed by atoms with E-state index in [0.29, 0.717) is 13.2 Å². The molecule has 1 N–H and O–H groups in total. The fraction of sp³-hybridized carbons (Fsp3) is 0.750. The molecule has 1 rings (SSSR count). The maximum absolute atomic E-state index is 8.38. The summed E-state index contributed by atoms with van der Waals surface area (Å²) in [6.45, 7) is 1.15. The topological polar surface area (TPSA) is 39.9 Å². The Balaban J connectivity index is 2.25. The molecular formula is C4H7O3+. The molecule has 3 nitrogen and oxygen atoms in total. The van der Waals surface area contributed by atoms with Crippen molar-refractivity contribution in [1.82, 2.24) is 0 Å². The average Bonchev–Trinajstić information content (AvgIpc) is 1.69. The van der Waals surface area contributed by atoms with Gasteiger partial charge in [-0.2, -0.15) is 0 Å². The molecule has 0 aromatic rings. The molecule has 0 aromatic heterocycles. The number of ether oxygens (including phenoxy) is 2. The van der Waals surface area contributed by atoms with Crippen molar-refractivity contribution in [2.24, 2.45) is 0 Å². The van der Waals surface area contributed by atoms with Crippen molar-refractivity contribution in [2.45, 2.75) is 6.42 Å². The van der Waals surface area contributed by atoms with Crippen molar-refractivity contribution in [3.63, 3.8) is 0 Å². The number of carbonyl (C=O) groups excluding carboxylic acids is 1. The summed E-state index contributed by atoms with van der Waals surface area (Å²) in [6, 6.07) is 0. The molecule has 0 spiro atoms. The van der Waals surface area contributed by atoms with Crippen LogP contribution in [0.2, 0.25) is 0 Å². The Morgan fingerprint density at radius 1 is 1.29 bits per heavy atom. The van der Waals surface area contributed by atoms with Gasteiger partial charge < -0.3 is 14.3 Å². The van der Waals surface area contributed by atoms with E-state index in [1.165, 1.54) is 0 Å². The van der Waals surface area contributed by atoms with Crippen molar-refractivity contribution < 1.29 is 14.3 Å². The summed E-state index contributed by atoms with van der Waals surface area (Å²) in [4.78, 5) is 8.38. The predicted molar refractivity (Wildman–Crippen MR) is 23.5 cm³/mol. The van der Waals surface area contributed by atoms with Crippen LogP contribution in [-0.4, -0.2) is 24.2 Å². The fourth-order valence-electron chi connectivity index (χ4n) is 0.420. The lowest BCUT2D eigenvalue weighted by Crippen LogP contribution is -2.18. The fourth-order valence-corrected chi connectivity index (χ4v) is 0.420. The quantitative estimate of drug-likeness (QED) is 0.317. The van der Waals surface area contributed by atoms with Gasteiger partial charge in [0.25, 0.3) is 0 Å². The van der Waals surface area contributed by atoms with E-state index >= 15 is 0 Å². The minimum atomic E-state index is -0.286. The first-order chi connectivity index (χ1) is 3.39. The summed E-state index contributed by atoms with van der Waals surface area (Å²) in [5, 5.41) is 0. The highest BCUT2D eigenvalue weighted by Crippen LogP contribution is 1.93. The first-order valence-electron chi connectivity index (χ1n) is 2.21. The SMILES string of the molecule is [OH+]=C1OCCCO1. The molecule has 0 unspecified atom stereocenters. The summed E-state index contributed by atoms with van der Waals surface area (Å²) in [5.41, 5.74) is 0. The van der Waals surface area contributed by atoms with E-state index in [9.17, 15) is 0 Å². The van der Waals surface area contributed by atoms with Gasteiger partial charge in [-0.15, -0.1) is 0 Å². The molecule has 0 atom stereocenters. The third-order valence-corrected chi connectivity index (χ3v) is 0.740. The summed E-state index contributed by atoms with van der Waals surface area (Å²) in [5.74, 6) is 0. The molecule has 3 heteroatoms. The zero-order valence-corrected chi connectivity index (χ0v) is 3.89. The number of rotatable bonds is 0. The molecule has 40 valence electrons. The standard InChI is InChI=1S/C4H6O3/c5-4-6-2-1-3-7-4/h1-3H2/p+1. The van der Waals surface area contributed by atoms with Gasteiger partial charge in [0.1, 0.15) is 0 Å². The normalized spacial score (nSPS) is 20.3. The molecule has 0 radical (unpaired) electrons. The van der Waals surface area contributed by atoms with Crippen molar-refractivity contribution in [3.05, 3.63) is 0 Å². The molecule has 1 saturated heterocycles. The second-order valence-corrected chi connectivity index (χ2v) is 1.32. The van der Waals surface area contributed by atoms with Crippen molar-refractivity contribution in [2.75, 3.05) is 13.2 Å². The van der Waals surface area contributed by atoms with Crippen LogP contribution < -0.4 is 0 Å². The zero-order chi connectivity index (χ0) is 5.11. The van der Waals surface area contributed by atoms with Crippen LogP contribution in [0.15, 0.2) is 0 Å². The van der Waals surface area contributed by atoms with Crippen LogP contribution in [0.4, 0.5) is 0 Å². The van der Waals surface area contributed by atoms with Gasteiger partial charge in [-0.05, 0) is 0 Å². The van der Waals surface area contributed by atoms with E-state index in [-0.39, 0.29) is 6.16 Å². The lowest BCUT2D eigenvalue weighted by atomic mass is 10.5. The minimum absolute atomic E-state index is 0.286. The summed E-state index contributed by atoms with van der Waals surface area (Å²) in [7, 11) is 0. The van der Waals surface area contributed by atoms with Crippen LogP contribution in [0, 0.1) is 0 Å². The maximum Gasteiger partial charge on any atom is 0.712 e. The Labute approximate surface area is 41.2 Å². The van der Waals surface area contributed by atoms with Crippen molar-refractivity contribution >= 4 is 6.16 Å². The summed E-state index contributed by atoms with van der Waals surface area (Å²) < 4.78 is 9.06. The van der Waals surface area contributed by atoms with Crippen molar-refractivity contribution in [3.8, 4) is 0 Å². The molecule has 0 bridgehead atoms. The molecule has 1 heterocycles. The molecule has 0 amide bonds. The van der Waals surface area contributed by atoms with E-state index in [1.807, 2.05) is 0 Å². The van der Waals surface area contributed by atoms with Crippen LogP contribution in [0.3, 0.4) is 0 Å². The molecule has 1 aliphatic heterocycles. The van der Waals surface area contributed by atoms with Gasteiger partial charge in [-0.3, -0.25) is 0 Å². The molecule has 7 heavy (non-hydrogen) atoms. The lowest BCUT2D eigenvalue weighted by Gasteiger charge is -1.99. The van der Waals surface area contributed by atoms with Gasteiger partial charge >= 0.3 is 6.16 Å². The number of cyclic esters (lactones) is 2. The van der Waals surface area contributed by atoms with Crippen LogP contribution in [0.1, 0.15) is 6.42 Å².